The second-order valence-electron chi connectivity index (χ2n) is 7.16. The Morgan fingerprint density at radius 2 is 2.10 bits per heavy atom. The number of hydrogen-bond acceptors (Lipinski definition) is 1. The molecule has 1 heterocycles. The lowest BCUT2D eigenvalue weighted by molar-refractivity contribution is 0.0636. The summed E-state index contributed by atoms with van der Waals surface area (Å²) in [7, 11) is 2.29. The summed E-state index contributed by atoms with van der Waals surface area (Å²) in [6.45, 7) is 8.50. The second-order valence-corrected chi connectivity index (χ2v) is 7.16. The molecule has 0 bridgehead atoms. The third-order valence-electron chi connectivity index (χ3n) is 6.33. The van der Waals surface area contributed by atoms with Gasteiger partial charge in [-0.2, -0.15) is 0 Å². The zero-order chi connectivity index (χ0) is 14.7. The van der Waals surface area contributed by atoms with Crippen molar-refractivity contribution in [2.24, 2.45) is 23.7 Å². The van der Waals surface area contributed by atoms with Gasteiger partial charge in [-0.1, -0.05) is 35.9 Å². The van der Waals surface area contributed by atoms with Crippen LogP contribution in [-0.2, 0) is 0 Å². The van der Waals surface area contributed by atoms with Crippen molar-refractivity contribution in [1.82, 2.24) is 0 Å². The molecule has 0 saturated heterocycles. The number of hydrogen-bond donors (Lipinski definition) is 0. The minimum atomic E-state index is 0.668. The lowest BCUT2D eigenvalue weighted by Gasteiger charge is -2.48. The molecule has 6 atom stereocenters. The van der Waals surface area contributed by atoms with Gasteiger partial charge in [0.05, 0.1) is 0 Å². The molecule has 1 nitrogen and oxygen atoms in total. The van der Waals surface area contributed by atoms with Crippen molar-refractivity contribution in [3.8, 4) is 0 Å². The molecule has 0 spiro atoms. The van der Waals surface area contributed by atoms with Gasteiger partial charge in [0, 0.05) is 24.7 Å². The van der Waals surface area contributed by atoms with Crippen LogP contribution in [0.4, 0.5) is 5.69 Å². The van der Waals surface area contributed by atoms with Gasteiger partial charge in [-0.15, -0.1) is 6.58 Å². The van der Waals surface area contributed by atoms with E-state index in [2.05, 4.69) is 68.8 Å². The highest BCUT2D eigenvalue weighted by Gasteiger charge is 2.61. The molecule has 1 aromatic rings. The molecule has 1 aliphatic heterocycles. The molecule has 6 unspecified atom stereocenters. The molecule has 1 aromatic carbocycles. The second kappa shape index (κ2) is 4.50. The third-order valence-corrected chi connectivity index (χ3v) is 6.33. The first-order valence-corrected chi connectivity index (χ1v) is 8.26. The molecular weight excluding hydrogens is 254 g/mol. The zero-order valence-electron chi connectivity index (χ0n) is 13.3. The molecule has 0 amide bonds. The van der Waals surface area contributed by atoms with Crippen molar-refractivity contribution >= 4 is 5.69 Å². The van der Waals surface area contributed by atoms with Crippen molar-refractivity contribution in [1.29, 1.82) is 0 Å². The Morgan fingerprint density at radius 1 is 1.29 bits per heavy atom. The maximum absolute atomic E-state index is 4.13. The molecule has 21 heavy (non-hydrogen) atoms. The molecular formula is C20H25N. The fourth-order valence-electron chi connectivity index (χ4n) is 5.50. The Balaban J connectivity index is 1.75. The summed E-state index contributed by atoms with van der Waals surface area (Å²) in [5.74, 6) is 3.78. The van der Waals surface area contributed by atoms with Crippen LogP contribution in [-0.4, -0.2) is 13.1 Å². The Hall–Kier alpha value is -1.50. The van der Waals surface area contributed by atoms with Crippen molar-refractivity contribution < 1.29 is 0 Å². The minimum absolute atomic E-state index is 0.668. The number of anilines is 1. The molecule has 2 fully saturated rings. The maximum Gasteiger partial charge on any atom is 0.0402 e. The first-order valence-electron chi connectivity index (χ1n) is 8.26. The predicted molar refractivity (Wildman–Crippen MR) is 89.7 cm³/mol. The largest absolute Gasteiger partial charge is 0.371 e. The first-order chi connectivity index (χ1) is 10.2. The van der Waals surface area contributed by atoms with Crippen LogP contribution in [0.3, 0.4) is 0 Å². The van der Waals surface area contributed by atoms with Gasteiger partial charge in [-0.25, -0.2) is 0 Å². The van der Waals surface area contributed by atoms with E-state index in [9.17, 15) is 0 Å². The number of rotatable bonds is 2. The highest BCUT2D eigenvalue weighted by molar-refractivity contribution is 5.64. The van der Waals surface area contributed by atoms with Gasteiger partial charge in [0.15, 0.2) is 0 Å². The van der Waals surface area contributed by atoms with Crippen LogP contribution >= 0.6 is 0 Å². The van der Waals surface area contributed by atoms with Crippen LogP contribution in [0.25, 0.3) is 0 Å². The summed E-state index contributed by atoms with van der Waals surface area (Å²) >= 11 is 0. The van der Waals surface area contributed by atoms with Crippen molar-refractivity contribution in [3.63, 3.8) is 0 Å². The van der Waals surface area contributed by atoms with E-state index in [-0.39, 0.29) is 0 Å². The van der Waals surface area contributed by atoms with Gasteiger partial charge < -0.3 is 4.90 Å². The van der Waals surface area contributed by atoms with Crippen LogP contribution in [0.5, 0.6) is 0 Å². The van der Waals surface area contributed by atoms with E-state index < -0.39 is 0 Å². The van der Waals surface area contributed by atoms with Crippen LogP contribution in [0, 0.1) is 30.6 Å². The van der Waals surface area contributed by atoms with Crippen molar-refractivity contribution in [3.05, 3.63) is 54.1 Å². The topological polar surface area (TPSA) is 3.24 Å². The molecule has 0 N–H and O–H groups in total. The standard InChI is InChI=1S/C20H25N/c1-5-7-14-13(6-2)19-15(14)11-18-20(19)16-10-12(3)8-9-17(16)21(18)4/h5-10,13-15,18-20H,2,11H2,1,3-4H3. The van der Waals surface area contributed by atoms with Gasteiger partial charge in [-0.05, 0) is 55.6 Å². The van der Waals surface area contributed by atoms with E-state index in [1.54, 1.807) is 5.56 Å². The van der Waals surface area contributed by atoms with Crippen molar-refractivity contribution in [2.75, 3.05) is 11.9 Å². The third kappa shape index (κ3) is 1.58. The summed E-state index contributed by atoms with van der Waals surface area (Å²) in [5.41, 5.74) is 4.46. The fraction of sp³-hybridized carbons (Fsp3) is 0.500. The van der Waals surface area contributed by atoms with E-state index in [1.807, 2.05) is 0 Å². The summed E-state index contributed by atoms with van der Waals surface area (Å²) in [5, 5.41) is 0. The Kier molecular flexibility index (Phi) is 2.82. The Labute approximate surface area is 128 Å². The molecule has 3 aliphatic rings. The normalized spacial score (nSPS) is 39.9. The molecule has 4 rings (SSSR count). The molecule has 1 heteroatoms. The smallest absolute Gasteiger partial charge is 0.0402 e. The average molecular weight is 279 g/mol. The zero-order valence-corrected chi connectivity index (χ0v) is 13.3. The van der Waals surface area contributed by atoms with Gasteiger partial charge in [0.1, 0.15) is 0 Å². The number of likely N-dealkylation sites (N-methyl/N-ethyl adjacent to an activating group) is 1. The molecule has 110 valence electrons. The summed E-state index contributed by atoms with van der Waals surface area (Å²) in [6.07, 6.45) is 8.22. The summed E-state index contributed by atoms with van der Waals surface area (Å²) < 4.78 is 0. The average Bonchev–Trinajstić information content (AvgIpc) is 2.92. The minimum Gasteiger partial charge on any atom is -0.371 e. The van der Waals surface area contributed by atoms with Gasteiger partial charge >= 0.3 is 0 Å². The van der Waals surface area contributed by atoms with E-state index in [1.165, 1.54) is 17.7 Å². The maximum atomic E-state index is 4.13. The van der Waals surface area contributed by atoms with Gasteiger partial charge in [0.2, 0.25) is 0 Å². The number of nitrogens with zero attached hydrogens (tertiary/aromatic N) is 1. The molecule has 2 saturated carbocycles. The van der Waals surface area contributed by atoms with Crippen molar-refractivity contribution in [2.45, 2.75) is 32.2 Å². The molecule has 2 aliphatic carbocycles. The van der Waals surface area contributed by atoms with Gasteiger partial charge in [0.25, 0.3) is 0 Å². The number of benzene rings is 1. The summed E-state index contributed by atoms with van der Waals surface area (Å²) in [4.78, 5) is 2.55. The molecule has 0 aromatic heterocycles. The first kappa shape index (κ1) is 13.2. The van der Waals surface area contributed by atoms with Crippen LogP contribution in [0.15, 0.2) is 43.0 Å². The molecule has 0 radical (unpaired) electrons. The monoisotopic (exact) mass is 279 g/mol. The van der Waals surface area contributed by atoms with E-state index >= 15 is 0 Å². The predicted octanol–water partition coefficient (Wildman–Crippen LogP) is 4.54. The van der Waals surface area contributed by atoms with Crippen LogP contribution in [0.1, 0.15) is 30.4 Å². The van der Waals surface area contributed by atoms with Crippen LogP contribution in [0.2, 0.25) is 0 Å². The SMILES string of the molecule is C=CC1C(C=CC)C2CC3C(c4cc(C)ccc4N3C)C12. The highest BCUT2D eigenvalue weighted by atomic mass is 15.2. The van der Waals surface area contributed by atoms with E-state index in [4.69, 9.17) is 0 Å². The van der Waals surface area contributed by atoms with E-state index in [0.717, 1.165) is 23.7 Å². The van der Waals surface area contributed by atoms with Gasteiger partial charge in [-0.3, -0.25) is 0 Å². The van der Waals surface area contributed by atoms with Crippen LogP contribution < -0.4 is 4.90 Å². The number of aryl methyl sites for hydroxylation is 1. The lowest BCUT2D eigenvalue weighted by atomic mass is 9.55. The Morgan fingerprint density at radius 3 is 2.81 bits per heavy atom. The number of fused-ring (bicyclic) bond motifs is 5. The lowest BCUT2D eigenvalue weighted by Crippen LogP contribution is -2.43. The quantitative estimate of drug-likeness (QED) is 0.718. The highest BCUT2D eigenvalue weighted by Crippen LogP contribution is 2.66. The number of allylic oxidation sites excluding steroid dienone is 3. The fourth-order valence-corrected chi connectivity index (χ4v) is 5.50. The summed E-state index contributed by atoms with van der Waals surface area (Å²) in [6, 6.07) is 7.71. The Bertz CT molecular complexity index is 614. The van der Waals surface area contributed by atoms with E-state index in [0.29, 0.717) is 12.0 Å².